The molecule has 0 atom stereocenters. The van der Waals surface area contributed by atoms with Crippen molar-refractivity contribution in [2.75, 3.05) is 7.11 Å². The van der Waals surface area contributed by atoms with Gasteiger partial charge in [0.05, 0.1) is 51.4 Å². The van der Waals surface area contributed by atoms with E-state index in [9.17, 15) is 10.4 Å². The number of methoxy groups -OCH3 is 1. The second-order valence-electron chi connectivity index (χ2n) is 9.52. The second kappa shape index (κ2) is 9.61. The Kier molecular flexibility index (Phi) is 6.20. The van der Waals surface area contributed by atoms with Gasteiger partial charge in [0.1, 0.15) is 27.4 Å². The summed E-state index contributed by atoms with van der Waals surface area (Å²) in [4.78, 5) is 13.6. The van der Waals surface area contributed by atoms with Gasteiger partial charge in [0.2, 0.25) is 5.70 Å². The minimum atomic E-state index is -0.0638. The zero-order valence-corrected chi connectivity index (χ0v) is 24.2. The number of aliphatic hydroxyl groups is 1. The summed E-state index contributed by atoms with van der Waals surface area (Å²) in [6.07, 6.45) is 0. The number of benzene rings is 2. The fourth-order valence-electron chi connectivity index (χ4n) is 5.24. The van der Waals surface area contributed by atoms with Gasteiger partial charge in [-0.2, -0.15) is 5.26 Å². The molecular weight excluding hydrogens is 541 g/mol. The van der Waals surface area contributed by atoms with Crippen LogP contribution in [0.15, 0.2) is 36.4 Å². The van der Waals surface area contributed by atoms with Crippen molar-refractivity contribution < 1.29 is 9.84 Å². The number of fused-ring (bicyclic) bond motifs is 3. The van der Waals surface area contributed by atoms with E-state index in [2.05, 4.69) is 10.9 Å². The molecule has 40 heavy (non-hydrogen) atoms. The summed E-state index contributed by atoms with van der Waals surface area (Å²) in [5.41, 5.74) is 5.16. The number of aromatic nitrogens is 4. The molecule has 6 aromatic rings. The van der Waals surface area contributed by atoms with Crippen LogP contribution in [0.4, 0.5) is 0 Å². The molecule has 0 aliphatic carbocycles. The van der Waals surface area contributed by atoms with Crippen LogP contribution in [-0.2, 0) is 20.7 Å². The smallest absolute Gasteiger partial charge is 0.245 e. The Balaban J connectivity index is 1.71. The molecule has 0 bridgehead atoms. The molecule has 198 valence electrons. The molecule has 0 unspecified atom stereocenters. The summed E-state index contributed by atoms with van der Waals surface area (Å²) in [6.45, 7) is 12.1. The third-order valence-corrected chi connectivity index (χ3v) is 9.55. The number of nitriles is 1. The van der Waals surface area contributed by atoms with Crippen molar-refractivity contribution in [2.45, 2.75) is 20.5 Å². The topological polar surface area (TPSA) is 93.2 Å². The van der Waals surface area contributed by atoms with Crippen LogP contribution < -0.4 is 15.4 Å². The van der Waals surface area contributed by atoms with Crippen LogP contribution in [-0.4, -0.2) is 31.3 Å². The van der Waals surface area contributed by atoms with E-state index in [0.717, 1.165) is 58.9 Å². The minimum Gasteiger partial charge on any atom is -0.497 e. The number of hydrogen-bond donors (Lipinski definition) is 1. The molecule has 0 amide bonds. The van der Waals surface area contributed by atoms with Crippen LogP contribution in [0.1, 0.15) is 27.0 Å². The van der Waals surface area contributed by atoms with E-state index in [1.165, 1.54) is 22.7 Å². The number of ether oxygens (including phenoxy) is 1. The largest absolute Gasteiger partial charge is 0.497 e. The molecule has 0 spiro atoms. The average Bonchev–Trinajstić information content (AvgIpc) is 3.70. The molecule has 0 fully saturated rings. The quantitative estimate of drug-likeness (QED) is 0.315. The fraction of sp³-hybridized carbons (Fsp3) is 0.200. The lowest BCUT2D eigenvalue weighted by molar-refractivity contribution is 0.282. The van der Waals surface area contributed by atoms with Crippen LogP contribution in [0.2, 0.25) is 0 Å². The molecule has 10 heteroatoms. The van der Waals surface area contributed by atoms with Gasteiger partial charge in [-0.3, -0.25) is 0 Å². The van der Waals surface area contributed by atoms with Gasteiger partial charge < -0.3 is 19.0 Å². The number of hydrogen-bond acceptors (Lipinski definition) is 7. The molecule has 2 aromatic carbocycles. The van der Waals surface area contributed by atoms with Gasteiger partial charge in [0.15, 0.2) is 0 Å². The summed E-state index contributed by atoms with van der Waals surface area (Å²) in [6, 6.07) is 13.8. The van der Waals surface area contributed by atoms with Crippen molar-refractivity contribution in [2.24, 2.45) is 14.1 Å². The van der Waals surface area contributed by atoms with Crippen molar-refractivity contribution in [3.63, 3.8) is 0 Å². The Morgan fingerprint density at radius 2 is 1.57 bits per heavy atom. The highest BCUT2D eigenvalue weighted by Crippen LogP contribution is 2.31. The number of nitrogens with zero attached hydrogens (tertiary/aromatic N) is 6. The van der Waals surface area contributed by atoms with E-state index in [-0.39, 0.29) is 6.61 Å². The lowest BCUT2D eigenvalue weighted by Gasteiger charge is -2.04. The van der Waals surface area contributed by atoms with E-state index < -0.39 is 0 Å². The standard InChI is InChI=1S/C30H24N6O2S2/c1-15-24-25(28(36(15)5)26(32-3)30-34-20-11-17(14-37)7-9-22(20)40-30)16(2)35(4)27(24)19(13-31)29-33-21-12-18(38-6)8-10-23(21)39-29/h7-12,37H,14H2,1-2,4-6H3/b27-19-,28-26+. The molecular formula is C30H24N6O2S2. The van der Waals surface area contributed by atoms with E-state index >= 15 is 0 Å². The Bertz CT molecular complexity index is 2060. The van der Waals surface area contributed by atoms with Gasteiger partial charge in [-0.1, -0.05) is 6.07 Å². The molecule has 0 radical (unpaired) electrons. The van der Waals surface area contributed by atoms with Crippen molar-refractivity contribution in [1.29, 1.82) is 5.26 Å². The molecule has 4 aromatic heterocycles. The van der Waals surface area contributed by atoms with E-state index in [1.807, 2.05) is 73.5 Å². The van der Waals surface area contributed by atoms with Gasteiger partial charge in [0, 0.05) is 42.3 Å². The number of aliphatic hydroxyl groups excluding tert-OH is 1. The number of thiazole rings is 2. The first kappa shape index (κ1) is 25.8. The third-order valence-electron chi connectivity index (χ3n) is 7.45. The van der Waals surface area contributed by atoms with E-state index in [4.69, 9.17) is 21.3 Å². The summed E-state index contributed by atoms with van der Waals surface area (Å²) in [5.74, 6) is 0.716. The predicted molar refractivity (Wildman–Crippen MR) is 160 cm³/mol. The Morgan fingerprint density at radius 3 is 2.23 bits per heavy atom. The molecule has 0 aliphatic heterocycles. The zero-order chi connectivity index (χ0) is 28.3. The molecule has 1 N–H and O–H groups in total. The lowest BCUT2D eigenvalue weighted by atomic mass is 10.1. The SMILES string of the molecule is [C-]#[N+]/C(c1nc2cc(CO)ccc2s1)=c1\c2c(C)n(C)/c(=C(/C#N)c3nc4cc(OC)ccc4s3)c2c(C)n1C. The zero-order valence-electron chi connectivity index (χ0n) is 22.5. The van der Waals surface area contributed by atoms with Crippen molar-refractivity contribution >= 4 is 65.1 Å². The van der Waals surface area contributed by atoms with Crippen LogP contribution in [0.3, 0.4) is 0 Å². The van der Waals surface area contributed by atoms with E-state index in [1.54, 1.807) is 7.11 Å². The van der Waals surface area contributed by atoms with E-state index in [0.29, 0.717) is 27.0 Å². The van der Waals surface area contributed by atoms with Crippen LogP contribution in [0.25, 0.3) is 47.3 Å². The fourth-order valence-corrected chi connectivity index (χ4v) is 7.11. The maximum absolute atomic E-state index is 10.4. The number of rotatable bonds is 4. The van der Waals surface area contributed by atoms with Crippen molar-refractivity contribution in [1.82, 2.24) is 19.1 Å². The molecule has 8 nitrogen and oxygen atoms in total. The van der Waals surface area contributed by atoms with Crippen LogP contribution in [0.5, 0.6) is 5.75 Å². The average molecular weight is 565 g/mol. The third kappa shape index (κ3) is 3.73. The first-order chi connectivity index (χ1) is 19.3. The second-order valence-corrected chi connectivity index (χ2v) is 11.6. The van der Waals surface area contributed by atoms with Gasteiger partial charge in [-0.15, -0.1) is 22.7 Å². The monoisotopic (exact) mass is 564 g/mol. The summed E-state index contributed by atoms with van der Waals surface area (Å²) in [5, 5.41) is 24.6. The molecule has 6 rings (SSSR count). The summed E-state index contributed by atoms with van der Waals surface area (Å²) < 4.78 is 11.3. The first-order valence-corrected chi connectivity index (χ1v) is 14.1. The molecule has 4 heterocycles. The van der Waals surface area contributed by atoms with Crippen molar-refractivity contribution in [3.05, 3.63) is 85.5 Å². The Morgan fingerprint density at radius 1 is 0.975 bits per heavy atom. The van der Waals surface area contributed by atoms with Crippen LogP contribution in [0, 0.1) is 31.8 Å². The highest BCUT2D eigenvalue weighted by atomic mass is 32.1. The maximum atomic E-state index is 10.4. The molecule has 0 saturated heterocycles. The van der Waals surface area contributed by atoms with Crippen LogP contribution >= 0.6 is 22.7 Å². The normalized spacial score (nSPS) is 13.1. The van der Waals surface area contributed by atoms with Gasteiger partial charge >= 0.3 is 0 Å². The summed E-state index contributed by atoms with van der Waals surface area (Å²) >= 11 is 2.93. The highest BCUT2D eigenvalue weighted by molar-refractivity contribution is 7.20. The maximum Gasteiger partial charge on any atom is 0.245 e. The van der Waals surface area contributed by atoms with Gasteiger partial charge in [0.25, 0.3) is 0 Å². The Hall–Kier alpha value is -4.48. The van der Waals surface area contributed by atoms with Gasteiger partial charge in [-0.25, -0.2) is 14.8 Å². The highest BCUT2D eigenvalue weighted by Gasteiger charge is 2.23. The lowest BCUT2D eigenvalue weighted by Crippen LogP contribution is -2.21. The molecule has 0 saturated carbocycles. The van der Waals surface area contributed by atoms with Crippen molar-refractivity contribution in [3.8, 4) is 11.8 Å². The summed E-state index contributed by atoms with van der Waals surface area (Å²) in [7, 11) is 5.52. The predicted octanol–water partition coefficient (Wildman–Crippen LogP) is 4.65. The molecule has 0 aliphatic rings. The Labute approximate surface area is 237 Å². The minimum absolute atomic E-state index is 0.0638. The van der Waals surface area contributed by atoms with Gasteiger partial charge in [-0.05, 0) is 43.7 Å². The first-order valence-electron chi connectivity index (χ1n) is 12.4. The number of aryl methyl sites for hydroxylation is 2.